The molecule has 2 aromatic carbocycles. The lowest BCUT2D eigenvalue weighted by Crippen LogP contribution is -1.97. The van der Waals surface area contributed by atoms with Gasteiger partial charge in [0.1, 0.15) is 5.69 Å². The molecule has 0 saturated heterocycles. The molecule has 0 fully saturated rings. The lowest BCUT2D eigenvalue weighted by atomic mass is 10.1. The van der Waals surface area contributed by atoms with Crippen LogP contribution in [0.1, 0.15) is 0 Å². The number of hydrogen-bond acceptors (Lipinski definition) is 4. The van der Waals surface area contributed by atoms with Crippen molar-refractivity contribution >= 4 is 16.7 Å². The number of aromatic nitrogens is 4. The van der Waals surface area contributed by atoms with Crippen molar-refractivity contribution < 1.29 is 4.42 Å². The molecule has 0 atom stereocenters. The molecule has 0 spiro atoms. The fourth-order valence-corrected chi connectivity index (χ4v) is 2.94. The van der Waals surface area contributed by atoms with Gasteiger partial charge in [-0.2, -0.15) is 0 Å². The van der Waals surface area contributed by atoms with E-state index in [1.807, 2.05) is 71.1 Å². The van der Waals surface area contributed by atoms with Gasteiger partial charge < -0.3 is 4.42 Å². The van der Waals surface area contributed by atoms with Crippen molar-refractivity contribution in [1.29, 1.82) is 0 Å². The van der Waals surface area contributed by atoms with E-state index in [0.29, 0.717) is 17.2 Å². The van der Waals surface area contributed by atoms with Gasteiger partial charge >= 0.3 is 0 Å². The van der Waals surface area contributed by atoms with Crippen molar-refractivity contribution in [2.45, 2.75) is 0 Å². The summed E-state index contributed by atoms with van der Waals surface area (Å²) in [5.41, 5.74) is 4.36. The summed E-state index contributed by atoms with van der Waals surface area (Å²) in [5.74, 6) is 1.35. The van der Waals surface area contributed by atoms with Gasteiger partial charge in [-0.15, -0.1) is 10.2 Å². The quantitative estimate of drug-likeness (QED) is 0.490. The third-order valence-electron chi connectivity index (χ3n) is 4.02. The number of para-hydroxylation sites is 2. The van der Waals surface area contributed by atoms with Crippen LogP contribution in [0.5, 0.6) is 0 Å². The highest BCUT2D eigenvalue weighted by atomic mass is 16.3. The first-order valence-corrected chi connectivity index (χ1v) is 7.65. The normalized spacial score (nSPS) is 11.3. The Kier molecular flexibility index (Phi) is 2.72. The van der Waals surface area contributed by atoms with E-state index in [1.54, 1.807) is 6.26 Å². The Labute approximate surface area is 137 Å². The van der Waals surface area contributed by atoms with Gasteiger partial charge in [0, 0.05) is 5.56 Å². The molecule has 0 bridgehead atoms. The lowest BCUT2D eigenvalue weighted by Gasteiger charge is -2.08. The van der Waals surface area contributed by atoms with Gasteiger partial charge in [0.2, 0.25) is 5.82 Å². The summed E-state index contributed by atoms with van der Waals surface area (Å²) in [7, 11) is 0. The molecule has 3 aromatic heterocycles. The molecule has 0 saturated carbocycles. The number of fused-ring (bicyclic) bond motifs is 3. The number of rotatable bonds is 2. The first-order valence-electron chi connectivity index (χ1n) is 7.65. The SMILES string of the molecule is c1ccc(-c2nc3ccccc3n3c(-c4ccco4)nnc23)cc1. The van der Waals surface area contributed by atoms with E-state index in [9.17, 15) is 0 Å². The van der Waals surface area contributed by atoms with Crippen LogP contribution in [-0.2, 0) is 0 Å². The first kappa shape index (κ1) is 13.0. The van der Waals surface area contributed by atoms with Crippen molar-refractivity contribution in [3.63, 3.8) is 0 Å². The Morgan fingerprint density at radius 2 is 1.62 bits per heavy atom. The molecule has 0 aliphatic rings. The molecule has 24 heavy (non-hydrogen) atoms. The van der Waals surface area contributed by atoms with Crippen LogP contribution in [-0.4, -0.2) is 19.6 Å². The fourth-order valence-electron chi connectivity index (χ4n) is 2.94. The van der Waals surface area contributed by atoms with E-state index in [-0.39, 0.29) is 0 Å². The van der Waals surface area contributed by atoms with Crippen LogP contribution in [0.3, 0.4) is 0 Å². The molecule has 0 amide bonds. The number of benzene rings is 2. The third-order valence-corrected chi connectivity index (χ3v) is 4.02. The van der Waals surface area contributed by atoms with Crippen LogP contribution in [0, 0.1) is 0 Å². The number of furan rings is 1. The van der Waals surface area contributed by atoms with Gasteiger partial charge in [-0.1, -0.05) is 42.5 Å². The second-order valence-corrected chi connectivity index (χ2v) is 5.48. The van der Waals surface area contributed by atoms with Crippen molar-refractivity contribution in [2.24, 2.45) is 0 Å². The van der Waals surface area contributed by atoms with Gasteiger partial charge in [-0.25, -0.2) is 4.98 Å². The van der Waals surface area contributed by atoms with Crippen molar-refractivity contribution in [3.8, 4) is 22.8 Å². The molecule has 0 radical (unpaired) electrons. The van der Waals surface area contributed by atoms with Gasteiger partial charge in [-0.3, -0.25) is 4.40 Å². The first-order chi connectivity index (χ1) is 11.9. The fraction of sp³-hybridized carbons (Fsp3) is 0. The number of nitrogens with zero attached hydrogens (tertiary/aromatic N) is 4. The van der Waals surface area contributed by atoms with E-state index in [2.05, 4.69) is 10.2 Å². The molecule has 0 aliphatic heterocycles. The van der Waals surface area contributed by atoms with Gasteiger partial charge in [0.25, 0.3) is 0 Å². The molecule has 0 N–H and O–H groups in total. The molecular formula is C19H12N4O. The topological polar surface area (TPSA) is 56.2 Å². The Hall–Kier alpha value is -3.47. The standard InChI is InChI=1S/C19H12N4O/c1-2-7-13(8-3-1)17-19-22-21-18(16-11-6-12-24-16)23(19)15-10-5-4-9-14(15)20-17/h1-12H. The van der Waals surface area contributed by atoms with Crippen LogP contribution in [0.2, 0.25) is 0 Å². The van der Waals surface area contributed by atoms with Crippen molar-refractivity contribution in [2.75, 3.05) is 0 Å². The Bertz CT molecular complexity index is 1140. The lowest BCUT2D eigenvalue weighted by molar-refractivity contribution is 0.577. The molecule has 3 heterocycles. The zero-order valence-electron chi connectivity index (χ0n) is 12.6. The minimum atomic E-state index is 0.672. The van der Waals surface area contributed by atoms with Crippen molar-refractivity contribution in [1.82, 2.24) is 19.6 Å². The highest BCUT2D eigenvalue weighted by Gasteiger charge is 2.18. The van der Waals surface area contributed by atoms with E-state index in [4.69, 9.17) is 9.40 Å². The maximum atomic E-state index is 5.54. The highest BCUT2D eigenvalue weighted by molar-refractivity contribution is 5.87. The van der Waals surface area contributed by atoms with Crippen LogP contribution in [0.15, 0.2) is 77.4 Å². The van der Waals surface area contributed by atoms with E-state index in [1.165, 1.54) is 0 Å². The Balaban J connectivity index is 1.95. The summed E-state index contributed by atoms with van der Waals surface area (Å²) in [6.45, 7) is 0. The smallest absolute Gasteiger partial charge is 0.204 e. The second kappa shape index (κ2) is 5.03. The maximum absolute atomic E-state index is 5.54. The zero-order valence-corrected chi connectivity index (χ0v) is 12.6. The minimum Gasteiger partial charge on any atom is -0.461 e. The predicted octanol–water partition coefficient (Wildman–Crippen LogP) is 4.20. The Morgan fingerprint density at radius 3 is 2.46 bits per heavy atom. The molecule has 114 valence electrons. The molecule has 5 heteroatoms. The largest absolute Gasteiger partial charge is 0.461 e. The van der Waals surface area contributed by atoms with Crippen LogP contribution in [0.4, 0.5) is 0 Å². The highest BCUT2D eigenvalue weighted by Crippen LogP contribution is 2.29. The zero-order chi connectivity index (χ0) is 15.9. The molecule has 0 unspecified atom stereocenters. The predicted molar refractivity (Wildman–Crippen MR) is 91.4 cm³/mol. The van der Waals surface area contributed by atoms with Gasteiger partial charge in [0.05, 0.1) is 17.3 Å². The maximum Gasteiger partial charge on any atom is 0.204 e. The van der Waals surface area contributed by atoms with Crippen LogP contribution >= 0.6 is 0 Å². The van der Waals surface area contributed by atoms with Crippen molar-refractivity contribution in [3.05, 3.63) is 73.0 Å². The molecule has 5 rings (SSSR count). The number of hydrogen-bond donors (Lipinski definition) is 0. The van der Waals surface area contributed by atoms with Gasteiger partial charge in [0.15, 0.2) is 11.4 Å². The summed E-state index contributed by atoms with van der Waals surface area (Å²) in [4.78, 5) is 4.81. The summed E-state index contributed by atoms with van der Waals surface area (Å²) >= 11 is 0. The average Bonchev–Trinajstić information content (AvgIpc) is 3.31. The average molecular weight is 312 g/mol. The summed E-state index contributed by atoms with van der Waals surface area (Å²) in [6.07, 6.45) is 1.64. The van der Waals surface area contributed by atoms with E-state index >= 15 is 0 Å². The third kappa shape index (κ3) is 1.85. The Morgan fingerprint density at radius 1 is 0.792 bits per heavy atom. The van der Waals surface area contributed by atoms with Crippen LogP contribution < -0.4 is 0 Å². The minimum absolute atomic E-state index is 0.672. The molecular weight excluding hydrogens is 300 g/mol. The summed E-state index contributed by atoms with van der Waals surface area (Å²) in [5, 5.41) is 8.74. The second-order valence-electron chi connectivity index (χ2n) is 5.48. The summed E-state index contributed by atoms with van der Waals surface area (Å²) < 4.78 is 7.54. The summed E-state index contributed by atoms with van der Waals surface area (Å²) in [6, 6.07) is 21.7. The van der Waals surface area contributed by atoms with Gasteiger partial charge in [-0.05, 0) is 24.3 Å². The van der Waals surface area contributed by atoms with E-state index in [0.717, 1.165) is 22.3 Å². The molecule has 0 aliphatic carbocycles. The monoisotopic (exact) mass is 312 g/mol. The molecule has 5 aromatic rings. The van der Waals surface area contributed by atoms with E-state index < -0.39 is 0 Å². The van der Waals surface area contributed by atoms with Crippen LogP contribution in [0.25, 0.3) is 39.5 Å². The molecule has 5 nitrogen and oxygen atoms in total.